The molecule has 0 saturated heterocycles. The lowest BCUT2D eigenvalue weighted by Gasteiger charge is -2.13. The number of aromatic nitrogens is 2. The maximum atomic E-state index is 12.3. The maximum Gasteiger partial charge on any atom is 0.271 e. The van der Waals surface area contributed by atoms with E-state index < -0.39 is 0 Å². The van der Waals surface area contributed by atoms with Crippen LogP contribution in [0.3, 0.4) is 0 Å². The first-order valence-electron chi connectivity index (χ1n) is 7.68. The first-order chi connectivity index (χ1) is 11.2. The van der Waals surface area contributed by atoms with Gasteiger partial charge in [0.15, 0.2) is 0 Å². The molecule has 1 aromatic heterocycles. The Kier molecular flexibility index (Phi) is 3.19. The Labute approximate surface area is 134 Å². The Morgan fingerprint density at radius 1 is 0.913 bits per heavy atom. The number of rotatable bonds is 2. The SMILES string of the molecule is CC1=CC(=O)n2nc(-c3ccccc3)c(-c3ccccc3)c2C1. The molecule has 0 amide bonds. The van der Waals surface area contributed by atoms with Crippen molar-refractivity contribution in [3.8, 4) is 22.4 Å². The van der Waals surface area contributed by atoms with Gasteiger partial charge in [-0.1, -0.05) is 66.2 Å². The number of fused-ring (bicyclic) bond motifs is 1. The number of nitrogens with zero attached hydrogens (tertiary/aromatic N) is 2. The van der Waals surface area contributed by atoms with Gasteiger partial charge in [0.1, 0.15) is 5.69 Å². The molecule has 3 heteroatoms. The van der Waals surface area contributed by atoms with E-state index in [0.29, 0.717) is 0 Å². The first-order valence-corrected chi connectivity index (χ1v) is 7.68. The van der Waals surface area contributed by atoms with E-state index in [1.54, 1.807) is 10.8 Å². The lowest BCUT2D eigenvalue weighted by Crippen LogP contribution is -2.18. The molecule has 2 heterocycles. The summed E-state index contributed by atoms with van der Waals surface area (Å²) >= 11 is 0. The summed E-state index contributed by atoms with van der Waals surface area (Å²) in [4.78, 5) is 12.3. The van der Waals surface area contributed by atoms with Gasteiger partial charge in [-0.3, -0.25) is 4.79 Å². The summed E-state index contributed by atoms with van der Waals surface area (Å²) in [6, 6.07) is 20.2. The maximum absolute atomic E-state index is 12.3. The zero-order chi connectivity index (χ0) is 15.8. The van der Waals surface area contributed by atoms with Gasteiger partial charge >= 0.3 is 0 Å². The molecule has 0 spiro atoms. The Morgan fingerprint density at radius 3 is 2.17 bits per heavy atom. The monoisotopic (exact) mass is 300 g/mol. The minimum absolute atomic E-state index is 0.0666. The molecule has 3 nitrogen and oxygen atoms in total. The van der Waals surface area contributed by atoms with Crippen molar-refractivity contribution >= 4 is 5.91 Å². The van der Waals surface area contributed by atoms with Gasteiger partial charge in [-0.05, 0) is 12.5 Å². The van der Waals surface area contributed by atoms with Crippen LogP contribution in [0.15, 0.2) is 72.3 Å². The Balaban J connectivity index is 2.01. The van der Waals surface area contributed by atoms with Gasteiger partial charge in [0, 0.05) is 23.6 Å². The quantitative estimate of drug-likeness (QED) is 0.705. The highest BCUT2D eigenvalue weighted by molar-refractivity contribution is 5.95. The Hall–Kier alpha value is -2.94. The highest BCUT2D eigenvalue weighted by atomic mass is 16.2. The molecule has 0 radical (unpaired) electrons. The zero-order valence-electron chi connectivity index (χ0n) is 12.9. The van der Waals surface area contributed by atoms with E-state index >= 15 is 0 Å². The summed E-state index contributed by atoms with van der Waals surface area (Å²) < 4.78 is 1.55. The average Bonchev–Trinajstić information content (AvgIpc) is 2.96. The van der Waals surface area contributed by atoms with Crippen molar-refractivity contribution < 1.29 is 4.79 Å². The third-order valence-electron chi connectivity index (χ3n) is 4.12. The topological polar surface area (TPSA) is 34.9 Å². The molecule has 0 unspecified atom stereocenters. The second kappa shape index (κ2) is 5.36. The number of benzene rings is 2. The molecule has 1 aliphatic rings. The molecular formula is C20H16N2O. The van der Waals surface area contributed by atoms with Gasteiger partial charge in [0.25, 0.3) is 5.91 Å². The highest BCUT2D eigenvalue weighted by Gasteiger charge is 2.25. The van der Waals surface area contributed by atoms with Crippen LogP contribution in [0.1, 0.15) is 17.4 Å². The van der Waals surface area contributed by atoms with Crippen LogP contribution in [0.5, 0.6) is 0 Å². The molecule has 4 rings (SSSR count). The molecular weight excluding hydrogens is 284 g/mol. The van der Waals surface area contributed by atoms with Gasteiger partial charge in [-0.15, -0.1) is 0 Å². The molecule has 0 bridgehead atoms. The van der Waals surface area contributed by atoms with Crippen LogP contribution in [-0.4, -0.2) is 15.7 Å². The second-order valence-electron chi connectivity index (χ2n) is 5.82. The predicted octanol–water partition coefficient (Wildman–Crippen LogP) is 4.36. The fraction of sp³-hybridized carbons (Fsp3) is 0.100. The first kappa shape index (κ1) is 13.7. The number of carbonyl (C=O) groups excluding carboxylic acids is 1. The highest BCUT2D eigenvalue weighted by Crippen LogP contribution is 2.36. The minimum Gasteiger partial charge on any atom is -0.267 e. The number of allylic oxidation sites excluding steroid dienone is 2. The number of hydrogen-bond donors (Lipinski definition) is 0. The summed E-state index contributed by atoms with van der Waals surface area (Å²) in [5, 5.41) is 4.64. The van der Waals surface area contributed by atoms with E-state index in [-0.39, 0.29) is 5.91 Å². The van der Waals surface area contributed by atoms with E-state index in [0.717, 1.165) is 40.1 Å². The van der Waals surface area contributed by atoms with Crippen molar-refractivity contribution in [3.05, 3.63) is 78.0 Å². The molecule has 0 aliphatic carbocycles. The molecule has 2 aromatic carbocycles. The van der Waals surface area contributed by atoms with Gasteiger partial charge in [-0.2, -0.15) is 9.78 Å². The number of hydrogen-bond acceptors (Lipinski definition) is 2. The normalized spacial score (nSPS) is 13.6. The third-order valence-corrected chi connectivity index (χ3v) is 4.12. The van der Waals surface area contributed by atoms with Gasteiger partial charge in [0.2, 0.25) is 0 Å². The Morgan fingerprint density at radius 2 is 1.52 bits per heavy atom. The lowest BCUT2D eigenvalue weighted by atomic mass is 9.95. The molecule has 0 N–H and O–H groups in total. The van der Waals surface area contributed by atoms with E-state index in [2.05, 4.69) is 17.2 Å². The zero-order valence-corrected chi connectivity index (χ0v) is 12.9. The standard InChI is InChI=1S/C20H16N2O/c1-14-12-17-19(15-8-4-2-5-9-15)20(16-10-6-3-7-11-16)21-22(17)18(23)13-14/h2-11,13H,12H2,1H3. The summed E-state index contributed by atoms with van der Waals surface area (Å²) in [5.41, 5.74) is 6.08. The molecule has 3 aromatic rings. The van der Waals surface area contributed by atoms with Gasteiger partial charge in [0.05, 0.1) is 5.69 Å². The summed E-state index contributed by atoms with van der Waals surface area (Å²) in [6.45, 7) is 1.99. The fourth-order valence-corrected chi connectivity index (χ4v) is 3.09. The van der Waals surface area contributed by atoms with Crippen LogP contribution in [0.25, 0.3) is 22.4 Å². The smallest absolute Gasteiger partial charge is 0.267 e. The van der Waals surface area contributed by atoms with Crippen LogP contribution in [0.2, 0.25) is 0 Å². The van der Waals surface area contributed by atoms with Gasteiger partial charge in [-0.25, -0.2) is 0 Å². The van der Waals surface area contributed by atoms with Crippen molar-refractivity contribution in [2.24, 2.45) is 0 Å². The van der Waals surface area contributed by atoms with Crippen molar-refractivity contribution in [1.29, 1.82) is 0 Å². The van der Waals surface area contributed by atoms with Crippen molar-refractivity contribution in [1.82, 2.24) is 9.78 Å². The molecule has 0 saturated carbocycles. The van der Waals surface area contributed by atoms with Crippen molar-refractivity contribution in [3.63, 3.8) is 0 Å². The average molecular weight is 300 g/mol. The lowest BCUT2D eigenvalue weighted by molar-refractivity contribution is 0.0946. The predicted molar refractivity (Wildman–Crippen MR) is 91.2 cm³/mol. The Bertz CT molecular complexity index is 906. The van der Waals surface area contributed by atoms with E-state index in [9.17, 15) is 4.79 Å². The summed E-state index contributed by atoms with van der Waals surface area (Å²) in [7, 11) is 0. The number of carbonyl (C=O) groups is 1. The van der Waals surface area contributed by atoms with E-state index in [4.69, 9.17) is 0 Å². The minimum atomic E-state index is -0.0666. The van der Waals surface area contributed by atoms with Crippen LogP contribution < -0.4 is 0 Å². The molecule has 1 aliphatic heterocycles. The van der Waals surface area contributed by atoms with Crippen LogP contribution in [-0.2, 0) is 6.42 Å². The largest absolute Gasteiger partial charge is 0.271 e. The second-order valence-corrected chi connectivity index (χ2v) is 5.82. The molecule has 0 fully saturated rings. The summed E-state index contributed by atoms with van der Waals surface area (Å²) in [5.74, 6) is -0.0666. The van der Waals surface area contributed by atoms with Crippen molar-refractivity contribution in [2.45, 2.75) is 13.3 Å². The van der Waals surface area contributed by atoms with E-state index in [1.807, 2.05) is 55.5 Å². The molecule has 23 heavy (non-hydrogen) atoms. The fourth-order valence-electron chi connectivity index (χ4n) is 3.09. The molecule has 0 atom stereocenters. The third kappa shape index (κ3) is 2.30. The van der Waals surface area contributed by atoms with E-state index in [1.165, 1.54) is 0 Å². The summed E-state index contributed by atoms with van der Waals surface area (Å²) in [6.07, 6.45) is 2.42. The van der Waals surface area contributed by atoms with Crippen molar-refractivity contribution in [2.75, 3.05) is 0 Å². The van der Waals surface area contributed by atoms with Crippen LogP contribution in [0.4, 0.5) is 0 Å². The van der Waals surface area contributed by atoms with Crippen LogP contribution >= 0.6 is 0 Å². The van der Waals surface area contributed by atoms with Crippen LogP contribution in [0, 0.1) is 0 Å². The molecule has 112 valence electrons. The van der Waals surface area contributed by atoms with Gasteiger partial charge < -0.3 is 0 Å².